The number of nitrogens with zero attached hydrogens (tertiary/aromatic N) is 3. The molecule has 0 aliphatic carbocycles. The first-order valence-electron chi connectivity index (χ1n) is 4.87. The predicted molar refractivity (Wildman–Crippen MR) is 65.0 cm³/mol. The standard InChI is InChI=1S/C11H12N4S/c1-8-6-10(12)15-11(14-8)7-16-9-2-4-13-5-3-9/h2-6H,7H2,1H3,(H2,12,14,15). The molecular weight excluding hydrogens is 220 g/mol. The average Bonchev–Trinajstić information content (AvgIpc) is 2.27. The molecule has 0 unspecified atom stereocenters. The number of nitrogens with two attached hydrogens (primary N) is 1. The topological polar surface area (TPSA) is 64.7 Å². The van der Waals surface area contributed by atoms with Crippen molar-refractivity contribution in [2.75, 3.05) is 5.73 Å². The first kappa shape index (κ1) is 10.9. The SMILES string of the molecule is Cc1cc(N)nc(CSc2ccncc2)n1. The summed E-state index contributed by atoms with van der Waals surface area (Å²) in [5.74, 6) is 2.01. The molecule has 0 radical (unpaired) electrons. The number of hydrogen-bond donors (Lipinski definition) is 1. The number of nitrogen functional groups attached to an aromatic ring is 1. The minimum atomic E-state index is 0.526. The van der Waals surface area contributed by atoms with E-state index in [1.807, 2.05) is 19.1 Å². The van der Waals surface area contributed by atoms with Crippen molar-refractivity contribution in [3.05, 3.63) is 42.1 Å². The van der Waals surface area contributed by atoms with E-state index in [-0.39, 0.29) is 0 Å². The summed E-state index contributed by atoms with van der Waals surface area (Å²) in [6.45, 7) is 1.92. The Balaban J connectivity index is 2.05. The third-order valence-corrected chi connectivity index (χ3v) is 2.95. The smallest absolute Gasteiger partial charge is 0.141 e. The maximum Gasteiger partial charge on any atom is 0.141 e. The second-order valence-corrected chi connectivity index (χ2v) is 4.37. The first-order valence-corrected chi connectivity index (χ1v) is 5.85. The summed E-state index contributed by atoms with van der Waals surface area (Å²) in [7, 11) is 0. The van der Waals surface area contributed by atoms with Crippen LogP contribution in [0.15, 0.2) is 35.5 Å². The van der Waals surface area contributed by atoms with Gasteiger partial charge in [0.05, 0.1) is 5.75 Å². The number of thioether (sulfide) groups is 1. The van der Waals surface area contributed by atoms with E-state index in [4.69, 9.17) is 5.73 Å². The fourth-order valence-electron chi connectivity index (χ4n) is 1.30. The quantitative estimate of drug-likeness (QED) is 0.820. The van der Waals surface area contributed by atoms with Crippen LogP contribution in [0.3, 0.4) is 0 Å². The largest absolute Gasteiger partial charge is 0.384 e. The number of aryl methyl sites for hydroxylation is 1. The Bertz CT molecular complexity index is 452. The lowest BCUT2D eigenvalue weighted by Gasteiger charge is -2.02. The molecule has 0 saturated heterocycles. The van der Waals surface area contributed by atoms with Crippen LogP contribution in [0.25, 0.3) is 0 Å². The average molecular weight is 232 g/mol. The molecule has 0 fully saturated rings. The monoisotopic (exact) mass is 232 g/mol. The molecule has 0 aliphatic heterocycles. The van der Waals surface area contributed by atoms with Crippen molar-refractivity contribution in [3.63, 3.8) is 0 Å². The highest BCUT2D eigenvalue weighted by molar-refractivity contribution is 7.98. The van der Waals surface area contributed by atoms with Gasteiger partial charge in [0.25, 0.3) is 0 Å². The molecule has 2 aromatic heterocycles. The van der Waals surface area contributed by atoms with Crippen LogP contribution in [0.2, 0.25) is 0 Å². The summed E-state index contributed by atoms with van der Waals surface area (Å²) in [6.07, 6.45) is 3.54. The zero-order valence-electron chi connectivity index (χ0n) is 8.92. The molecule has 0 spiro atoms. The van der Waals surface area contributed by atoms with Gasteiger partial charge in [-0.25, -0.2) is 9.97 Å². The van der Waals surface area contributed by atoms with Gasteiger partial charge in [-0.15, -0.1) is 11.8 Å². The Hall–Kier alpha value is -1.62. The molecule has 82 valence electrons. The van der Waals surface area contributed by atoms with E-state index in [9.17, 15) is 0 Å². The van der Waals surface area contributed by atoms with E-state index in [0.717, 1.165) is 22.2 Å². The number of hydrogen-bond acceptors (Lipinski definition) is 5. The lowest BCUT2D eigenvalue weighted by atomic mass is 10.4. The molecular formula is C11H12N4S. The summed E-state index contributed by atoms with van der Waals surface area (Å²) >= 11 is 1.67. The van der Waals surface area contributed by atoms with Crippen molar-refractivity contribution in [1.82, 2.24) is 15.0 Å². The van der Waals surface area contributed by atoms with Gasteiger partial charge >= 0.3 is 0 Å². The highest BCUT2D eigenvalue weighted by atomic mass is 32.2. The maximum atomic E-state index is 5.66. The van der Waals surface area contributed by atoms with Crippen molar-refractivity contribution < 1.29 is 0 Å². The molecule has 4 nitrogen and oxygen atoms in total. The van der Waals surface area contributed by atoms with Crippen molar-refractivity contribution in [3.8, 4) is 0 Å². The predicted octanol–water partition coefficient (Wildman–Crippen LogP) is 2.05. The number of aromatic nitrogens is 3. The second-order valence-electron chi connectivity index (χ2n) is 3.32. The molecule has 0 amide bonds. The van der Waals surface area contributed by atoms with Crippen molar-refractivity contribution in [2.24, 2.45) is 0 Å². The van der Waals surface area contributed by atoms with Gasteiger partial charge in [0.15, 0.2) is 0 Å². The van der Waals surface area contributed by atoms with Gasteiger partial charge in [0.1, 0.15) is 11.6 Å². The van der Waals surface area contributed by atoms with E-state index < -0.39 is 0 Å². The molecule has 2 aromatic rings. The van der Waals surface area contributed by atoms with Crippen molar-refractivity contribution >= 4 is 17.6 Å². The van der Waals surface area contributed by atoms with Gasteiger partial charge in [-0.1, -0.05) is 0 Å². The molecule has 2 heterocycles. The van der Waals surface area contributed by atoms with Gasteiger partial charge in [0.2, 0.25) is 0 Å². The second kappa shape index (κ2) is 4.94. The Labute approximate surface area is 98.3 Å². The van der Waals surface area contributed by atoms with Crippen LogP contribution in [0.1, 0.15) is 11.5 Å². The van der Waals surface area contributed by atoms with Crippen LogP contribution in [-0.4, -0.2) is 15.0 Å². The van der Waals surface area contributed by atoms with Gasteiger partial charge in [-0.05, 0) is 19.1 Å². The molecule has 2 rings (SSSR count). The van der Waals surface area contributed by atoms with E-state index in [1.165, 1.54) is 0 Å². The number of anilines is 1. The van der Waals surface area contributed by atoms with Crippen molar-refractivity contribution in [2.45, 2.75) is 17.6 Å². The van der Waals surface area contributed by atoms with E-state index in [2.05, 4.69) is 15.0 Å². The Kier molecular flexibility index (Phi) is 3.36. The maximum absolute atomic E-state index is 5.66. The van der Waals surface area contributed by atoms with Gasteiger partial charge in [-0.3, -0.25) is 4.98 Å². The third kappa shape index (κ3) is 2.93. The van der Waals surface area contributed by atoms with Crippen LogP contribution in [0.4, 0.5) is 5.82 Å². The van der Waals surface area contributed by atoms with Crippen LogP contribution in [-0.2, 0) is 5.75 Å². The lowest BCUT2D eigenvalue weighted by Crippen LogP contribution is -1.99. The normalized spacial score (nSPS) is 10.3. The van der Waals surface area contributed by atoms with Crippen LogP contribution in [0, 0.1) is 6.92 Å². The number of pyridine rings is 1. The summed E-state index contributed by atoms with van der Waals surface area (Å²) in [6, 6.07) is 5.69. The minimum absolute atomic E-state index is 0.526. The van der Waals surface area contributed by atoms with Gasteiger partial charge in [0, 0.05) is 29.0 Å². The third-order valence-electron chi connectivity index (χ3n) is 1.94. The molecule has 5 heteroatoms. The van der Waals surface area contributed by atoms with Gasteiger partial charge in [-0.2, -0.15) is 0 Å². The minimum Gasteiger partial charge on any atom is -0.384 e. The Morgan fingerprint density at radius 2 is 2.00 bits per heavy atom. The fraction of sp³-hybridized carbons (Fsp3) is 0.182. The molecule has 2 N–H and O–H groups in total. The van der Waals surface area contributed by atoms with Crippen LogP contribution in [0.5, 0.6) is 0 Å². The molecule has 0 saturated carbocycles. The summed E-state index contributed by atoms with van der Waals surface area (Å²) in [5, 5.41) is 0. The molecule has 0 aromatic carbocycles. The fourth-order valence-corrected chi connectivity index (χ4v) is 2.04. The summed E-state index contributed by atoms with van der Waals surface area (Å²) < 4.78 is 0. The highest BCUT2D eigenvalue weighted by Gasteiger charge is 2.01. The lowest BCUT2D eigenvalue weighted by molar-refractivity contribution is 1.00. The van der Waals surface area contributed by atoms with E-state index in [1.54, 1.807) is 30.2 Å². The zero-order valence-corrected chi connectivity index (χ0v) is 9.74. The molecule has 16 heavy (non-hydrogen) atoms. The molecule has 0 bridgehead atoms. The van der Waals surface area contributed by atoms with Gasteiger partial charge < -0.3 is 5.73 Å². The van der Waals surface area contributed by atoms with Crippen molar-refractivity contribution in [1.29, 1.82) is 0 Å². The Morgan fingerprint density at radius 1 is 1.25 bits per heavy atom. The van der Waals surface area contributed by atoms with E-state index >= 15 is 0 Å². The molecule has 0 atom stereocenters. The van der Waals surface area contributed by atoms with E-state index in [0.29, 0.717) is 5.82 Å². The Morgan fingerprint density at radius 3 is 2.69 bits per heavy atom. The summed E-state index contributed by atoms with van der Waals surface area (Å²) in [4.78, 5) is 13.6. The molecule has 0 aliphatic rings. The van der Waals surface area contributed by atoms with Crippen LogP contribution < -0.4 is 5.73 Å². The highest BCUT2D eigenvalue weighted by Crippen LogP contribution is 2.20. The first-order chi connectivity index (χ1) is 7.74. The summed E-state index contributed by atoms with van der Waals surface area (Å²) in [5.41, 5.74) is 6.56. The van der Waals surface area contributed by atoms with Crippen LogP contribution >= 0.6 is 11.8 Å². The zero-order chi connectivity index (χ0) is 11.4. The number of rotatable bonds is 3.